The van der Waals surface area contributed by atoms with Crippen molar-refractivity contribution < 1.29 is 18.3 Å². The van der Waals surface area contributed by atoms with Crippen molar-refractivity contribution in [2.45, 2.75) is 6.04 Å². The highest BCUT2D eigenvalue weighted by Gasteiger charge is 2.23. The van der Waals surface area contributed by atoms with Gasteiger partial charge in [-0.2, -0.15) is 0 Å². The van der Waals surface area contributed by atoms with Crippen LogP contribution in [0.5, 0.6) is 0 Å². The van der Waals surface area contributed by atoms with Gasteiger partial charge in [-0.25, -0.2) is 9.18 Å². The Balaban J connectivity index is 2.42. The number of carbonyl (C=O) groups is 1. The van der Waals surface area contributed by atoms with Crippen molar-refractivity contribution in [1.29, 1.82) is 0 Å². The lowest BCUT2D eigenvalue weighted by Gasteiger charge is -2.16. The Morgan fingerprint density at radius 2 is 2.15 bits per heavy atom. The predicted molar refractivity (Wildman–Crippen MR) is 75.1 cm³/mol. The summed E-state index contributed by atoms with van der Waals surface area (Å²) in [4.78, 5) is 11.4. The second kappa shape index (κ2) is 6.19. The summed E-state index contributed by atoms with van der Waals surface area (Å²) in [5.74, 6) is -0.428. The van der Waals surface area contributed by atoms with Crippen molar-refractivity contribution in [1.82, 2.24) is 5.32 Å². The highest BCUT2D eigenvalue weighted by molar-refractivity contribution is 9.10. The van der Waals surface area contributed by atoms with Crippen LogP contribution in [0.25, 0.3) is 0 Å². The van der Waals surface area contributed by atoms with Gasteiger partial charge in [0.1, 0.15) is 11.6 Å². The first-order valence-corrected chi connectivity index (χ1v) is 6.67. The highest BCUT2D eigenvalue weighted by Crippen LogP contribution is 2.31. The number of halogens is 2. The Morgan fingerprint density at radius 1 is 1.40 bits per heavy atom. The lowest BCUT2D eigenvalue weighted by molar-refractivity contribution is 0.0562. The van der Waals surface area contributed by atoms with E-state index in [0.717, 1.165) is 0 Å². The molecule has 0 radical (unpaired) electrons. The molecule has 6 heteroatoms. The van der Waals surface area contributed by atoms with Gasteiger partial charge in [0.2, 0.25) is 5.76 Å². The van der Waals surface area contributed by atoms with Gasteiger partial charge in [-0.3, -0.25) is 0 Å². The third-order valence-electron chi connectivity index (χ3n) is 2.87. The molecular weight excluding hydrogens is 329 g/mol. The topological polar surface area (TPSA) is 51.5 Å². The van der Waals surface area contributed by atoms with E-state index in [-0.39, 0.29) is 11.6 Å². The third kappa shape index (κ3) is 2.76. The molecule has 4 nitrogen and oxygen atoms in total. The Kier molecular flexibility index (Phi) is 4.57. The molecule has 106 valence electrons. The Labute approximate surface area is 124 Å². The van der Waals surface area contributed by atoms with Gasteiger partial charge in [-0.05, 0) is 31.3 Å². The van der Waals surface area contributed by atoms with Crippen LogP contribution >= 0.6 is 15.9 Å². The summed E-state index contributed by atoms with van der Waals surface area (Å²) in [5, 5.41) is 2.97. The largest absolute Gasteiger partial charge is 0.463 e. The number of benzene rings is 1. The molecule has 20 heavy (non-hydrogen) atoms. The monoisotopic (exact) mass is 341 g/mol. The normalized spacial score (nSPS) is 12.2. The molecule has 1 unspecified atom stereocenters. The average Bonchev–Trinajstić information content (AvgIpc) is 2.91. The van der Waals surface area contributed by atoms with Crippen LogP contribution in [-0.4, -0.2) is 20.1 Å². The predicted octanol–water partition coefficient (Wildman–Crippen LogP) is 3.28. The van der Waals surface area contributed by atoms with Crippen molar-refractivity contribution in [2.75, 3.05) is 14.2 Å². The quantitative estimate of drug-likeness (QED) is 0.867. The maximum atomic E-state index is 14.0. The lowest BCUT2D eigenvalue weighted by atomic mass is 10.0. The van der Waals surface area contributed by atoms with Gasteiger partial charge in [0.25, 0.3) is 0 Å². The summed E-state index contributed by atoms with van der Waals surface area (Å²) in [6.45, 7) is 0. The number of rotatable bonds is 4. The third-order valence-corrected chi connectivity index (χ3v) is 3.57. The van der Waals surface area contributed by atoms with E-state index in [4.69, 9.17) is 4.42 Å². The van der Waals surface area contributed by atoms with Crippen LogP contribution in [0, 0.1) is 5.82 Å². The summed E-state index contributed by atoms with van der Waals surface area (Å²) in [6, 6.07) is 7.33. The molecule has 1 N–H and O–H groups in total. The zero-order valence-corrected chi connectivity index (χ0v) is 12.5. The molecule has 2 aromatic rings. The first kappa shape index (κ1) is 14.7. The zero-order valence-electron chi connectivity index (χ0n) is 10.9. The number of furan rings is 1. The number of carbonyl (C=O) groups excluding carboxylic acids is 1. The van der Waals surface area contributed by atoms with Crippen LogP contribution in [0.1, 0.15) is 27.9 Å². The standard InChI is InChI=1S/C14H13BrFNO3/c1-17-13(12-8(15)4-3-5-9(12)16)10-6-7-11(20-10)14(18)19-2/h3-7,13,17H,1-2H3. The fraction of sp³-hybridized carbons (Fsp3) is 0.214. The van der Waals surface area contributed by atoms with E-state index in [2.05, 4.69) is 26.0 Å². The molecule has 0 saturated heterocycles. The number of esters is 1. The smallest absolute Gasteiger partial charge is 0.373 e. The van der Waals surface area contributed by atoms with Crippen LogP contribution in [0.3, 0.4) is 0 Å². The number of methoxy groups -OCH3 is 1. The van der Waals surface area contributed by atoms with Gasteiger partial charge < -0.3 is 14.5 Å². The Hall–Kier alpha value is -1.66. The Bertz CT molecular complexity index is 606. The van der Waals surface area contributed by atoms with Gasteiger partial charge in [0.05, 0.1) is 13.2 Å². The van der Waals surface area contributed by atoms with E-state index in [1.165, 1.54) is 19.2 Å². The molecule has 0 spiro atoms. The highest BCUT2D eigenvalue weighted by atomic mass is 79.9. The first-order chi connectivity index (χ1) is 9.58. The minimum atomic E-state index is -0.571. The summed E-state index contributed by atoms with van der Waals surface area (Å²) in [6.07, 6.45) is 0. The van der Waals surface area contributed by atoms with Crippen LogP contribution in [-0.2, 0) is 4.74 Å². The number of hydrogen-bond acceptors (Lipinski definition) is 4. The van der Waals surface area contributed by atoms with Gasteiger partial charge in [-0.15, -0.1) is 0 Å². The molecule has 0 amide bonds. The molecule has 0 aliphatic carbocycles. The van der Waals surface area contributed by atoms with Gasteiger partial charge in [0.15, 0.2) is 0 Å². The summed E-state index contributed by atoms with van der Waals surface area (Å²) < 4.78 is 24.6. The molecule has 2 rings (SSSR count). The first-order valence-electron chi connectivity index (χ1n) is 5.87. The van der Waals surface area contributed by atoms with Gasteiger partial charge in [0, 0.05) is 10.0 Å². The SMILES string of the molecule is CNC(c1ccc(C(=O)OC)o1)c1c(F)cccc1Br. The molecule has 0 saturated carbocycles. The van der Waals surface area contributed by atoms with Crippen molar-refractivity contribution in [3.05, 3.63) is 57.7 Å². The van der Waals surface area contributed by atoms with Crippen LogP contribution in [0.2, 0.25) is 0 Å². The number of ether oxygens (including phenoxy) is 1. The van der Waals surface area contributed by atoms with Crippen LogP contribution < -0.4 is 5.32 Å². The van der Waals surface area contributed by atoms with E-state index in [1.807, 2.05) is 0 Å². The fourth-order valence-electron chi connectivity index (χ4n) is 1.93. The maximum absolute atomic E-state index is 14.0. The van der Waals surface area contributed by atoms with Crippen molar-refractivity contribution in [3.8, 4) is 0 Å². The number of nitrogens with one attached hydrogen (secondary N) is 1. The lowest BCUT2D eigenvalue weighted by Crippen LogP contribution is -2.19. The van der Waals surface area contributed by atoms with Crippen molar-refractivity contribution >= 4 is 21.9 Å². The molecule has 1 aromatic heterocycles. The minimum absolute atomic E-state index is 0.0789. The average molecular weight is 342 g/mol. The molecule has 1 atom stereocenters. The molecule has 0 aliphatic rings. The summed E-state index contributed by atoms with van der Waals surface area (Å²) in [5.41, 5.74) is 0.417. The van der Waals surface area contributed by atoms with Crippen LogP contribution in [0.15, 0.2) is 39.2 Å². The summed E-state index contributed by atoms with van der Waals surface area (Å²) >= 11 is 3.32. The minimum Gasteiger partial charge on any atom is -0.463 e. The Morgan fingerprint density at radius 3 is 2.75 bits per heavy atom. The van der Waals surface area contributed by atoms with E-state index in [9.17, 15) is 9.18 Å². The van der Waals surface area contributed by atoms with Gasteiger partial charge >= 0.3 is 5.97 Å². The molecule has 0 fully saturated rings. The zero-order chi connectivity index (χ0) is 14.7. The van der Waals surface area contributed by atoms with E-state index in [0.29, 0.717) is 15.8 Å². The molecule has 0 aliphatic heterocycles. The van der Waals surface area contributed by atoms with Crippen LogP contribution in [0.4, 0.5) is 4.39 Å². The maximum Gasteiger partial charge on any atom is 0.373 e. The number of hydrogen-bond donors (Lipinski definition) is 1. The molecule has 1 aromatic carbocycles. The van der Waals surface area contributed by atoms with Crippen molar-refractivity contribution in [3.63, 3.8) is 0 Å². The second-order valence-corrected chi connectivity index (χ2v) is 4.90. The van der Waals surface area contributed by atoms with E-state index in [1.54, 1.807) is 25.2 Å². The van der Waals surface area contributed by atoms with E-state index >= 15 is 0 Å². The van der Waals surface area contributed by atoms with Crippen molar-refractivity contribution in [2.24, 2.45) is 0 Å². The molecule has 0 bridgehead atoms. The molecule has 1 heterocycles. The second-order valence-electron chi connectivity index (χ2n) is 4.05. The van der Waals surface area contributed by atoms with E-state index < -0.39 is 12.0 Å². The fourth-order valence-corrected chi connectivity index (χ4v) is 2.50. The molecular formula is C14H13BrFNO3. The summed E-state index contributed by atoms with van der Waals surface area (Å²) in [7, 11) is 2.96. The van der Waals surface area contributed by atoms with Gasteiger partial charge in [-0.1, -0.05) is 22.0 Å².